The van der Waals surface area contributed by atoms with Gasteiger partial charge in [0, 0.05) is 23.9 Å². The van der Waals surface area contributed by atoms with E-state index in [1.165, 1.54) is 5.56 Å². The molecular weight excluding hydrogens is 250 g/mol. The molecule has 3 nitrogen and oxygen atoms in total. The van der Waals surface area contributed by atoms with E-state index in [1.54, 1.807) is 19.2 Å². The second kappa shape index (κ2) is 5.87. The molecule has 2 N–H and O–H groups in total. The van der Waals surface area contributed by atoms with E-state index in [9.17, 15) is 0 Å². The first-order chi connectivity index (χ1) is 9.49. The maximum Gasteiger partial charge on any atom is 0.133 e. The van der Waals surface area contributed by atoms with Gasteiger partial charge in [-0.05, 0) is 30.0 Å². The average molecular weight is 271 g/mol. The maximum absolute atomic E-state index is 5.96. The first-order valence-corrected chi connectivity index (χ1v) is 6.72. The van der Waals surface area contributed by atoms with Crippen LogP contribution in [0.4, 0.5) is 5.69 Å². The molecule has 0 spiro atoms. The van der Waals surface area contributed by atoms with Crippen LogP contribution in [0.25, 0.3) is 0 Å². The van der Waals surface area contributed by atoms with Gasteiger partial charge in [0.1, 0.15) is 17.2 Å². The van der Waals surface area contributed by atoms with Crippen LogP contribution in [0.1, 0.15) is 30.9 Å². The lowest BCUT2D eigenvalue weighted by atomic mass is 10.0. The Morgan fingerprint density at radius 3 is 2.35 bits per heavy atom. The molecule has 0 aromatic heterocycles. The second-order valence-corrected chi connectivity index (χ2v) is 5.22. The highest BCUT2D eigenvalue weighted by atomic mass is 16.5. The van der Waals surface area contributed by atoms with Gasteiger partial charge in [-0.3, -0.25) is 0 Å². The van der Waals surface area contributed by atoms with Crippen molar-refractivity contribution in [3.63, 3.8) is 0 Å². The first kappa shape index (κ1) is 14.3. The number of rotatable bonds is 4. The lowest BCUT2D eigenvalue weighted by Gasteiger charge is -2.13. The van der Waals surface area contributed by atoms with E-state index in [0.29, 0.717) is 23.1 Å². The average Bonchev–Trinajstić information content (AvgIpc) is 2.40. The molecule has 0 saturated carbocycles. The van der Waals surface area contributed by atoms with Crippen LogP contribution in [-0.4, -0.2) is 7.11 Å². The number of ether oxygens (including phenoxy) is 2. The molecule has 0 fully saturated rings. The topological polar surface area (TPSA) is 44.5 Å². The fraction of sp³-hybridized carbons (Fsp3) is 0.294. The molecule has 2 aromatic rings. The first-order valence-electron chi connectivity index (χ1n) is 6.72. The highest BCUT2D eigenvalue weighted by Crippen LogP contribution is 2.32. The van der Waals surface area contributed by atoms with E-state index in [2.05, 4.69) is 32.0 Å². The van der Waals surface area contributed by atoms with Crippen molar-refractivity contribution in [1.82, 2.24) is 0 Å². The van der Waals surface area contributed by atoms with Crippen molar-refractivity contribution in [2.24, 2.45) is 0 Å². The molecule has 106 valence electrons. The molecule has 20 heavy (non-hydrogen) atoms. The number of hydrogen-bond acceptors (Lipinski definition) is 3. The zero-order valence-corrected chi connectivity index (χ0v) is 12.4. The Labute approximate surface area is 120 Å². The van der Waals surface area contributed by atoms with Crippen molar-refractivity contribution in [2.45, 2.75) is 26.7 Å². The Morgan fingerprint density at radius 2 is 1.70 bits per heavy atom. The summed E-state index contributed by atoms with van der Waals surface area (Å²) in [4.78, 5) is 0. The Morgan fingerprint density at radius 1 is 1.00 bits per heavy atom. The summed E-state index contributed by atoms with van der Waals surface area (Å²) in [6, 6.07) is 11.7. The van der Waals surface area contributed by atoms with Crippen LogP contribution >= 0.6 is 0 Å². The van der Waals surface area contributed by atoms with Crippen LogP contribution in [0.3, 0.4) is 0 Å². The standard InChI is InChI=1S/C17H21NO2/c1-11(2)13-6-5-12(3)17(7-13)20-16-9-14(18)8-15(10-16)19-4/h5-11H,18H2,1-4H3. The number of methoxy groups -OCH3 is 1. The summed E-state index contributed by atoms with van der Waals surface area (Å²) in [5.74, 6) is 2.70. The summed E-state index contributed by atoms with van der Waals surface area (Å²) in [5, 5.41) is 0. The van der Waals surface area contributed by atoms with Crippen LogP contribution in [0, 0.1) is 6.92 Å². The quantitative estimate of drug-likeness (QED) is 0.832. The number of benzene rings is 2. The van der Waals surface area contributed by atoms with Crippen LogP contribution in [0.15, 0.2) is 36.4 Å². The van der Waals surface area contributed by atoms with Crippen molar-refractivity contribution in [1.29, 1.82) is 0 Å². The zero-order valence-electron chi connectivity index (χ0n) is 12.4. The van der Waals surface area contributed by atoms with Gasteiger partial charge in [-0.2, -0.15) is 0 Å². The van der Waals surface area contributed by atoms with Crippen molar-refractivity contribution in [3.05, 3.63) is 47.5 Å². The summed E-state index contributed by atoms with van der Waals surface area (Å²) in [6.07, 6.45) is 0. The number of nitrogens with two attached hydrogens (primary N) is 1. The molecule has 0 heterocycles. The fourth-order valence-corrected chi connectivity index (χ4v) is 1.98. The second-order valence-electron chi connectivity index (χ2n) is 5.22. The van der Waals surface area contributed by atoms with Gasteiger partial charge < -0.3 is 15.2 Å². The predicted molar refractivity (Wildman–Crippen MR) is 82.7 cm³/mol. The molecule has 2 aromatic carbocycles. The van der Waals surface area contributed by atoms with Gasteiger partial charge >= 0.3 is 0 Å². The van der Waals surface area contributed by atoms with E-state index in [1.807, 2.05) is 13.0 Å². The summed E-state index contributed by atoms with van der Waals surface area (Å²) in [7, 11) is 1.61. The molecule has 0 atom stereocenters. The Kier molecular flexibility index (Phi) is 4.18. The number of aryl methyl sites for hydroxylation is 1. The SMILES string of the molecule is COc1cc(N)cc(Oc2cc(C(C)C)ccc2C)c1. The van der Waals surface area contributed by atoms with Gasteiger partial charge in [0.25, 0.3) is 0 Å². The minimum absolute atomic E-state index is 0.466. The van der Waals surface area contributed by atoms with Gasteiger partial charge in [-0.15, -0.1) is 0 Å². The zero-order chi connectivity index (χ0) is 14.7. The molecule has 0 aliphatic heterocycles. The van der Waals surface area contributed by atoms with Crippen LogP contribution < -0.4 is 15.2 Å². The smallest absolute Gasteiger partial charge is 0.133 e. The highest BCUT2D eigenvalue weighted by Gasteiger charge is 2.07. The lowest BCUT2D eigenvalue weighted by Crippen LogP contribution is -1.94. The molecule has 3 heteroatoms. The van der Waals surface area contributed by atoms with Crippen LogP contribution in [-0.2, 0) is 0 Å². The molecular formula is C17H21NO2. The van der Waals surface area contributed by atoms with E-state index in [0.717, 1.165) is 11.3 Å². The van der Waals surface area contributed by atoms with Crippen molar-refractivity contribution >= 4 is 5.69 Å². The van der Waals surface area contributed by atoms with Crippen molar-refractivity contribution < 1.29 is 9.47 Å². The maximum atomic E-state index is 5.96. The van der Waals surface area contributed by atoms with Crippen LogP contribution in [0.2, 0.25) is 0 Å². The third kappa shape index (κ3) is 3.23. The summed E-state index contributed by atoms with van der Waals surface area (Å²) in [6.45, 7) is 6.36. The van der Waals surface area contributed by atoms with Crippen molar-refractivity contribution in [3.8, 4) is 17.2 Å². The summed E-state index contributed by atoms with van der Waals surface area (Å²) < 4.78 is 11.2. The van der Waals surface area contributed by atoms with E-state index >= 15 is 0 Å². The molecule has 0 radical (unpaired) electrons. The van der Waals surface area contributed by atoms with E-state index in [-0.39, 0.29) is 0 Å². The minimum atomic E-state index is 0.466. The van der Waals surface area contributed by atoms with E-state index < -0.39 is 0 Å². The normalized spacial score (nSPS) is 10.7. The molecule has 2 rings (SSSR count). The number of nitrogen functional groups attached to an aromatic ring is 1. The lowest BCUT2D eigenvalue weighted by molar-refractivity contribution is 0.409. The van der Waals surface area contributed by atoms with Crippen molar-refractivity contribution in [2.75, 3.05) is 12.8 Å². The predicted octanol–water partition coefficient (Wildman–Crippen LogP) is 4.50. The largest absolute Gasteiger partial charge is 0.497 e. The Balaban J connectivity index is 2.34. The summed E-state index contributed by atoms with van der Waals surface area (Å²) >= 11 is 0. The summed E-state index contributed by atoms with van der Waals surface area (Å²) in [5.41, 5.74) is 8.81. The third-order valence-corrected chi connectivity index (χ3v) is 3.24. The molecule has 0 amide bonds. The Hall–Kier alpha value is -2.16. The van der Waals surface area contributed by atoms with Gasteiger partial charge in [0.15, 0.2) is 0 Å². The molecule has 0 saturated heterocycles. The Bertz CT molecular complexity index is 606. The number of hydrogen-bond donors (Lipinski definition) is 1. The molecule has 0 aliphatic carbocycles. The van der Waals surface area contributed by atoms with Gasteiger partial charge in [0.2, 0.25) is 0 Å². The third-order valence-electron chi connectivity index (χ3n) is 3.24. The highest BCUT2D eigenvalue weighted by molar-refractivity contribution is 5.52. The van der Waals surface area contributed by atoms with Gasteiger partial charge in [-0.1, -0.05) is 26.0 Å². The molecule has 0 aliphatic rings. The molecule has 0 unspecified atom stereocenters. The van der Waals surface area contributed by atoms with Gasteiger partial charge in [0.05, 0.1) is 7.11 Å². The molecule has 0 bridgehead atoms. The van der Waals surface area contributed by atoms with Gasteiger partial charge in [-0.25, -0.2) is 0 Å². The fourth-order valence-electron chi connectivity index (χ4n) is 1.98. The van der Waals surface area contributed by atoms with E-state index in [4.69, 9.17) is 15.2 Å². The minimum Gasteiger partial charge on any atom is -0.497 e. The number of anilines is 1. The van der Waals surface area contributed by atoms with Crippen LogP contribution in [0.5, 0.6) is 17.2 Å². The monoisotopic (exact) mass is 271 g/mol.